The van der Waals surface area contributed by atoms with Crippen LogP contribution in [0.15, 0.2) is 4.79 Å². The molecule has 0 spiro atoms. The molecule has 4 heteroatoms. The summed E-state index contributed by atoms with van der Waals surface area (Å²) in [6.45, 7) is 5.01. The maximum Gasteiger partial charge on any atom is 0.146 e. The van der Waals surface area contributed by atoms with Crippen molar-refractivity contribution in [2.75, 3.05) is 0 Å². The Bertz CT molecular complexity index is 421. The molecule has 0 aromatic carbocycles. The predicted molar refractivity (Wildman–Crippen MR) is 50.0 cm³/mol. The van der Waals surface area contributed by atoms with Crippen LogP contribution >= 0.6 is 0 Å². The van der Waals surface area contributed by atoms with Gasteiger partial charge in [-0.15, -0.1) is 11.1 Å². The van der Waals surface area contributed by atoms with Crippen LogP contribution in [-0.2, 0) is 7.05 Å². The van der Waals surface area contributed by atoms with Gasteiger partial charge < -0.3 is 9.36 Å². The molecule has 0 fully saturated rings. The third-order valence-corrected chi connectivity index (χ3v) is 2.14. The van der Waals surface area contributed by atoms with Gasteiger partial charge in [-0.3, -0.25) is 4.79 Å². The minimum absolute atomic E-state index is 0. The van der Waals surface area contributed by atoms with Crippen LogP contribution in [0.1, 0.15) is 28.4 Å². The van der Waals surface area contributed by atoms with Crippen molar-refractivity contribution in [3.05, 3.63) is 33.2 Å². The Labute approximate surface area is 111 Å². The molecule has 0 bridgehead atoms. The summed E-state index contributed by atoms with van der Waals surface area (Å²) < 4.78 is 1.32. The van der Waals surface area contributed by atoms with E-state index >= 15 is 0 Å². The van der Waals surface area contributed by atoms with Crippen molar-refractivity contribution in [2.24, 2.45) is 7.05 Å². The van der Waals surface area contributed by atoms with Crippen molar-refractivity contribution >= 4 is 5.78 Å². The van der Waals surface area contributed by atoms with Crippen LogP contribution in [0, 0.1) is 55.6 Å². The van der Waals surface area contributed by atoms with Gasteiger partial charge >= 0.3 is 0 Å². The predicted octanol–water partition coefficient (Wildman–Crippen LogP) is 1.00. The second-order valence-corrected chi connectivity index (χ2v) is 3.16. The van der Waals surface area contributed by atoms with E-state index in [-0.39, 0.29) is 52.5 Å². The Kier molecular flexibility index (Phi) is 4.99. The molecule has 0 aliphatic heterocycles. The zero-order chi connectivity index (χ0) is 10.2. The summed E-state index contributed by atoms with van der Waals surface area (Å²) in [5, 5.41) is 0. The molecular weight excluding hydrogens is 305 g/mol. The van der Waals surface area contributed by atoms with E-state index in [2.05, 4.69) is 6.20 Å². The van der Waals surface area contributed by atoms with Gasteiger partial charge in [-0.1, -0.05) is 20.0 Å². The minimum Gasteiger partial charge on any atom is -0.426 e. The van der Waals surface area contributed by atoms with E-state index in [1.54, 1.807) is 14.0 Å². The van der Waals surface area contributed by atoms with E-state index in [4.69, 9.17) is 0 Å². The van der Waals surface area contributed by atoms with E-state index in [0.717, 1.165) is 11.1 Å². The summed E-state index contributed by atoms with van der Waals surface area (Å²) in [6, 6.07) is 0. The molecule has 1 aromatic rings. The summed E-state index contributed by atoms with van der Waals surface area (Å²) in [7, 11) is 1.60. The van der Waals surface area contributed by atoms with Gasteiger partial charge in [0.1, 0.15) is 11.3 Å². The fraction of sp³-hybridized carbons (Fsp3) is 0.400. The molecule has 14 heavy (non-hydrogen) atoms. The standard InChI is InChI=1S/C10H12NO2.La/c1-6-5-11(4)10(13)9(7(6)2)8(3)12;/h1-4H3;/q-1;. The van der Waals surface area contributed by atoms with Crippen molar-refractivity contribution in [2.45, 2.75) is 20.8 Å². The minimum atomic E-state index is -0.268. The largest absolute Gasteiger partial charge is 0.426 e. The molecule has 0 saturated carbocycles. The number of aromatic nitrogens is 1. The van der Waals surface area contributed by atoms with Crippen LogP contribution in [0.2, 0.25) is 0 Å². The number of ketones is 1. The quantitative estimate of drug-likeness (QED) is 0.573. The normalized spacial score (nSPS) is 9.43. The molecule has 0 aliphatic carbocycles. The third kappa shape index (κ3) is 2.44. The van der Waals surface area contributed by atoms with Gasteiger partial charge in [0.25, 0.3) is 0 Å². The molecule has 1 radical (unpaired) electrons. The van der Waals surface area contributed by atoms with Crippen LogP contribution in [0.25, 0.3) is 0 Å². The molecule has 1 rings (SSSR count). The molecule has 0 N–H and O–H groups in total. The van der Waals surface area contributed by atoms with Gasteiger partial charge in [0.15, 0.2) is 0 Å². The van der Waals surface area contributed by atoms with Crippen LogP contribution in [-0.4, -0.2) is 10.4 Å². The number of aryl methyl sites for hydroxylation is 2. The van der Waals surface area contributed by atoms with Crippen molar-refractivity contribution in [3.63, 3.8) is 0 Å². The smallest absolute Gasteiger partial charge is 0.146 e. The third-order valence-electron chi connectivity index (χ3n) is 2.14. The molecular formula is C10H12LaNO2-. The number of hydrogen-bond donors (Lipinski definition) is 0. The summed E-state index contributed by atoms with van der Waals surface area (Å²) in [4.78, 5) is 22.7. The van der Waals surface area contributed by atoms with E-state index in [1.165, 1.54) is 11.5 Å². The molecule has 1 aromatic heterocycles. The maximum absolute atomic E-state index is 11.5. The first-order valence-electron chi connectivity index (χ1n) is 4.05. The summed E-state index contributed by atoms with van der Waals surface area (Å²) in [5.74, 6) is -0.185. The van der Waals surface area contributed by atoms with Gasteiger partial charge in [0.2, 0.25) is 0 Å². The van der Waals surface area contributed by atoms with Crippen molar-refractivity contribution in [1.82, 2.24) is 4.57 Å². The first kappa shape index (κ1) is 13.8. The summed E-state index contributed by atoms with van der Waals surface area (Å²) >= 11 is 0. The van der Waals surface area contributed by atoms with Crippen molar-refractivity contribution < 1.29 is 40.4 Å². The van der Waals surface area contributed by atoms with E-state index < -0.39 is 0 Å². The molecule has 0 amide bonds. The molecule has 0 aliphatic rings. The molecule has 0 unspecified atom stereocenters. The van der Waals surface area contributed by atoms with E-state index in [1.807, 2.05) is 6.92 Å². The van der Waals surface area contributed by atoms with Crippen LogP contribution in [0.5, 0.6) is 0 Å². The maximum atomic E-state index is 11.5. The molecule has 0 atom stereocenters. The summed E-state index contributed by atoms with van der Waals surface area (Å²) in [6.07, 6.45) is 2.85. The average Bonchev–Trinajstić information content (AvgIpc) is 2.01. The Morgan fingerprint density at radius 1 is 1.36 bits per heavy atom. The number of Topliss-reactive ketones (excluding diaryl/α,β-unsaturated/α-hetero) is 1. The van der Waals surface area contributed by atoms with Gasteiger partial charge in [0, 0.05) is 35.6 Å². The molecule has 73 valence electrons. The van der Waals surface area contributed by atoms with Crippen LogP contribution in [0.3, 0.4) is 0 Å². The SMILES string of the molecule is CC(=O)c1c(C)c(C)[c-]n(C)c1=O.[La]. The Morgan fingerprint density at radius 3 is 2.29 bits per heavy atom. The molecule has 0 saturated heterocycles. The Balaban J connectivity index is 0.00000169. The van der Waals surface area contributed by atoms with Crippen molar-refractivity contribution in [3.8, 4) is 0 Å². The van der Waals surface area contributed by atoms with Crippen LogP contribution in [0.4, 0.5) is 0 Å². The Morgan fingerprint density at radius 2 is 1.86 bits per heavy atom. The van der Waals surface area contributed by atoms with Gasteiger partial charge in [-0.05, 0) is 19.5 Å². The zero-order valence-electron chi connectivity index (χ0n) is 8.84. The zero-order valence-corrected chi connectivity index (χ0v) is 12.5. The number of carbonyl (C=O) groups is 1. The number of rotatable bonds is 1. The fourth-order valence-corrected chi connectivity index (χ4v) is 1.32. The second-order valence-electron chi connectivity index (χ2n) is 3.16. The topological polar surface area (TPSA) is 39.1 Å². The monoisotopic (exact) mass is 317 g/mol. The number of carbonyl (C=O) groups excluding carboxylic acids is 1. The first-order chi connectivity index (χ1) is 5.95. The number of nitrogens with zero attached hydrogens (tertiary/aromatic N) is 1. The molecule has 1 heterocycles. The van der Waals surface area contributed by atoms with Crippen molar-refractivity contribution in [1.29, 1.82) is 0 Å². The molecule has 3 nitrogen and oxygen atoms in total. The van der Waals surface area contributed by atoms with Gasteiger partial charge in [0.05, 0.1) is 0 Å². The first-order valence-corrected chi connectivity index (χ1v) is 4.05. The van der Waals surface area contributed by atoms with E-state index in [9.17, 15) is 9.59 Å². The van der Waals surface area contributed by atoms with Gasteiger partial charge in [-0.25, -0.2) is 0 Å². The second kappa shape index (κ2) is 5.05. The number of hydrogen-bond acceptors (Lipinski definition) is 2. The average molecular weight is 317 g/mol. The fourth-order valence-electron chi connectivity index (χ4n) is 1.32. The van der Waals surface area contributed by atoms with E-state index in [0.29, 0.717) is 0 Å². The number of pyridine rings is 1. The van der Waals surface area contributed by atoms with Crippen LogP contribution < -0.4 is 5.56 Å². The Hall–Kier alpha value is -0.185. The summed E-state index contributed by atoms with van der Waals surface area (Å²) in [5.41, 5.74) is 1.58. The van der Waals surface area contributed by atoms with Gasteiger partial charge in [-0.2, -0.15) is 0 Å².